The molecule has 0 saturated heterocycles. The van der Waals surface area contributed by atoms with Crippen molar-refractivity contribution in [3.8, 4) is 5.75 Å². The van der Waals surface area contributed by atoms with Crippen LogP contribution in [0.15, 0.2) is 53.5 Å². The Kier molecular flexibility index (Phi) is 6.01. The molecule has 0 bridgehead atoms. The van der Waals surface area contributed by atoms with Gasteiger partial charge in [0, 0.05) is 22.2 Å². The highest BCUT2D eigenvalue weighted by Gasteiger charge is 2.44. The van der Waals surface area contributed by atoms with Crippen LogP contribution in [-0.2, 0) is 6.42 Å². The molecule has 1 aliphatic rings. The Labute approximate surface area is 161 Å². The van der Waals surface area contributed by atoms with Gasteiger partial charge in [-0.2, -0.15) is 0 Å². The van der Waals surface area contributed by atoms with Crippen molar-refractivity contribution in [2.75, 3.05) is 20.2 Å². The van der Waals surface area contributed by atoms with Gasteiger partial charge in [-0.05, 0) is 43.8 Å². The first-order valence-electron chi connectivity index (χ1n) is 9.58. The molecule has 0 aromatic heterocycles. The zero-order valence-electron chi connectivity index (χ0n) is 16.6. The van der Waals surface area contributed by atoms with Crippen molar-refractivity contribution in [2.24, 2.45) is 4.99 Å². The van der Waals surface area contributed by atoms with E-state index in [2.05, 4.69) is 25.7 Å². The minimum Gasteiger partial charge on any atom is -0.497 e. The van der Waals surface area contributed by atoms with Crippen LogP contribution in [0.4, 0.5) is 11.4 Å². The summed E-state index contributed by atoms with van der Waals surface area (Å²) in [5.74, 6) is 0.827. The van der Waals surface area contributed by atoms with E-state index in [0.29, 0.717) is 12.1 Å². The Morgan fingerprint density at radius 2 is 1.78 bits per heavy atom. The van der Waals surface area contributed by atoms with E-state index in [-0.39, 0.29) is 12.1 Å². The summed E-state index contributed by atoms with van der Waals surface area (Å²) < 4.78 is 6.40. The van der Waals surface area contributed by atoms with Gasteiger partial charge in [0.1, 0.15) is 11.4 Å². The summed E-state index contributed by atoms with van der Waals surface area (Å²) in [4.78, 5) is 20.5. The van der Waals surface area contributed by atoms with Gasteiger partial charge in [-0.1, -0.05) is 38.1 Å². The molecule has 5 heteroatoms. The second kappa shape index (κ2) is 8.44. The van der Waals surface area contributed by atoms with E-state index >= 15 is 0 Å². The number of fused-ring (bicyclic) bond motifs is 1. The smallest absolute Gasteiger partial charge is 0.282 e. The SMILES string of the molecule is CCN(CC)C(C)C1C(Cc2ccc(OC)cc2)=Nc2ccccc2[N+]1=O. The number of rotatable bonds is 7. The maximum absolute atomic E-state index is 13.3. The molecular formula is C22H28N3O2+. The summed E-state index contributed by atoms with van der Waals surface area (Å²) in [5.41, 5.74) is 3.44. The molecule has 0 fully saturated rings. The van der Waals surface area contributed by atoms with Gasteiger partial charge >= 0.3 is 0 Å². The molecule has 0 N–H and O–H groups in total. The lowest BCUT2D eigenvalue weighted by atomic mass is 9.94. The number of para-hydroxylation sites is 2. The van der Waals surface area contributed by atoms with E-state index in [1.807, 2.05) is 48.5 Å². The van der Waals surface area contributed by atoms with Gasteiger partial charge in [0.2, 0.25) is 0 Å². The number of hydrogen-bond acceptors (Lipinski definition) is 4. The first-order valence-corrected chi connectivity index (χ1v) is 9.58. The average molecular weight is 366 g/mol. The number of methoxy groups -OCH3 is 1. The third kappa shape index (κ3) is 3.93. The van der Waals surface area contributed by atoms with Crippen molar-refractivity contribution in [2.45, 2.75) is 39.3 Å². The van der Waals surface area contributed by atoms with E-state index in [1.54, 1.807) is 7.11 Å². The van der Waals surface area contributed by atoms with Crippen LogP contribution in [-0.4, -0.2) is 47.7 Å². The lowest BCUT2D eigenvalue weighted by Gasteiger charge is -2.30. The van der Waals surface area contributed by atoms with Crippen molar-refractivity contribution in [1.82, 2.24) is 4.90 Å². The van der Waals surface area contributed by atoms with Gasteiger partial charge in [-0.25, -0.2) is 4.99 Å². The fraction of sp³-hybridized carbons (Fsp3) is 0.409. The largest absolute Gasteiger partial charge is 0.497 e. The highest BCUT2D eigenvalue weighted by Crippen LogP contribution is 2.35. The number of hydrogen-bond donors (Lipinski definition) is 0. The average Bonchev–Trinajstić information content (AvgIpc) is 2.69. The van der Waals surface area contributed by atoms with Crippen molar-refractivity contribution >= 4 is 17.1 Å². The highest BCUT2D eigenvalue weighted by atomic mass is 16.5. The van der Waals surface area contributed by atoms with E-state index in [4.69, 9.17) is 9.73 Å². The molecule has 3 rings (SSSR count). The number of nitrogens with zero attached hydrogens (tertiary/aromatic N) is 3. The van der Waals surface area contributed by atoms with E-state index in [0.717, 1.165) is 40.6 Å². The van der Waals surface area contributed by atoms with E-state index < -0.39 is 0 Å². The van der Waals surface area contributed by atoms with Gasteiger partial charge < -0.3 is 4.74 Å². The molecule has 0 aliphatic carbocycles. The quantitative estimate of drug-likeness (QED) is 0.676. The summed E-state index contributed by atoms with van der Waals surface area (Å²) in [7, 11) is 1.66. The minimum absolute atomic E-state index is 0.0721. The van der Waals surface area contributed by atoms with Crippen LogP contribution < -0.4 is 4.74 Å². The number of likely N-dealkylation sites (N-methyl/N-ethyl adjacent to an activating group) is 1. The maximum atomic E-state index is 13.3. The van der Waals surface area contributed by atoms with Crippen LogP contribution in [0.2, 0.25) is 0 Å². The van der Waals surface area contributed by atoms with E-state index in [9.17, 15) is 4.91 Å². The number of benzene rings is 2. The first kappa shape index (κ1) is 19.2. The second-order valence-corrected chi connectivity index (χ2v) is 6.85. The zero-order valence-corrected chi connectivity index (χ0v) is 16.6. The van der Waals surface area contributed by atoms with Gasteiger partial charge in [0.15, 0.2) is 0 Å². The molecular weight excluding hydrogens is 338 g/mol. The molecule has 1 aliphatic heterocycles. The molecule has 142 valence electrons. The van der Waals surface area contributed by atoms with Gasteiger partial charge in [-0.15, -0.1) is 0 Å². The number of ether oxygens (including phenoxy) is 1. The van der Waals surface area contributed by atoms with E-state index in [1.165, 1.54) is 0 Å². The van der Waals surface area contributed by atoms with Crippen molar-refractivity contribution in [1.29, 1.82) is 0 Å². The highest BCUT2D eigenvalue weighted by molar-refractivity contribution is 5.95. The predicted octanol–water partition coefficient (Wildman–Crippen LogP) is 4.53. The van der Waals surface area contributed by atoms with Crippen LogP contribution in [0, 0.1) is 4.91 Å². The Balaban J connectivity index is 1.99. The third-order valence-electron chi connectivity index (χ3n) is 5.37. The Hall–Kier alpha value is -2.53. The monoisotopic (exact) mass is 366 g/mol. The lowest BCUT2D eigenvalue weighted by molar-refractivity contribution is -0.494. The number of aliphatic imine (C=N–C) groups is 1. The summed E-state index contributed by atoms with van der Waals surface area (Å²) >= 11 is 0. The molecule has 2 aromatic rings. The maximum Gasteiger partial charge on any atom is 0.282 e. The van der Waals surface area contributed by atoms with Crippen molar-refractivity contribution in [3.05, 3.63) is 59.0 Å². The van der Waals surface area contributed by atoms with Crippen LogP contribution in [0.25, 0.3) is 0 Å². The summed E-state index contributed by atoms with van der Waals surface area (Å²) in [6, 6.07) is 15.3. The topological polar surface area (TPSA) is 44.9 Å². The van der Waals surface area contributed by atoms with Crippen LogP contribution in [0.3, 0.4) is 0 Å². The third-order valence-corrected chi connectivity index (χ3v) is 5.37. The van der Waals surface area contributed by atoms with Gasteiger partial charge in [-0.3, -0.25) is 4.90 Å². The van der Waals surface area contributed by atoms with Crippen molar-refractivity contribution in [3.63, 3.8) is 0 Å². The van der Waals surface area contributed by atoms with Gasteiger partial charge in [0.25, 0.3) is 11.7 Å². The van der Waals surface area contributed by atoms with Crippen LogP contribution in [0.1, 0.15) is 26.3 Å². The fourth-order valence-electron chi connectivity index (χ4n) is 3.82. The molecule has 0 amide bonds. The standard InChI is InChI=1S/C22H28N3O2/c1-5-24(6-2)16(3)22-20(15-17-11-13-18(27-4)14-12-17)23-19-9-7-8-10-21(19)25(22)26/h7-14,16,22H,5-6,15H2,1-4H3/q+1. The minimum atomic E-state index is -0.304. The molecule has 27 heavy (non-hydrogen) atoms. The van der Waals surface area contributed by atoms with Crippen molar-refractivity contribution < 1.29 is 9.50 Å². The molecule has 5 nitrogen and oxygen atoms in total. The van der Waals surface area contributed by atoms with Crippen LogP contribution >= 0.6 is 0 Å². The lowest BCUT2D eigenvalue weighted by Crippen LogP contribution is -2.50. The Morgan fingerprint density at radius 1 is 1.11 bits per heavy atom. The molecule has 0 spiro atoms. The molecule has 2 aromatic carbocycles. The summed E-state index contributed by atoms with van der Waals surface area (Å²) in [6.07, 6.45) is 0.646. The Bertz CT molecular complexity index is 826. The molecule has 1 heterocycles. The summed E-state index contributed by atoms with van der Waals surface area (Å²) in [6.45, 7) is 8.19. The summed E-state index contributed by atoms with van der Waals surface area (Å²) in [5, 5.41) is 0. The number of nitroso groups, excluding NO2 is 1. The van der Waals surface area contributed by atoms with Crippen LogP contribution in [0.5, 0.6) is 5.75 Å². The van der Waals surface area contributed by atoms with Gasteiger partial charge in [0.05, 0.1) is 18.9 Å². The first-order chi connectivity index (χ1) is 13.1. The molecule has 0 saturated carbocycles. The Morgan fingerprint density at radius 3 is 2.41 bits per heavy atom. The molecule has 2 atom stereocenters. The molecule has 2 unspecified atom stereocenters. The second-order valence-electron chi connectivity index (χ2n) is 6.85. The molecule has 0 radical (unpaired) electrons. The zero-order chi connectivity index (χ0) is 19.4. The predicted molar refractivity (Wildman–Crippen MR) is 110 cm³/mol. The normalized spacial score (nSPS) is 17.4. The fourth-order valence-corrected chi connectivity index (χ4v) is 3.82.